The Labute approximate surface area is 113 Å². The second-order valence-corrected chi connectivity index (χ2v) is 5.08. The van der Waals surface area contributed by atoms with E-state index in [1.165, 1.54) is 13.0 Å². The van der Waals surface area contributed by atoms with Crippen LogP contribution in [0.2, 0.25) is 0 Å². The summed E-state index contributed by atoms with van der Waals surface area (Å²) in [7, 11) is 1.73. The van der Waals surface area contributed by atoms with E-state index in [0.717, 1.165) is 11.3 Å². The summed E-state index contributed by atoms with van der Waals surface area (Å²) >= 11 is 1.12. The molecule has 7 heteroatoms. The molecule has 0 amide bonds. The van der Waals surface area contributed by atoms with Gasteiger partial charge in [0.2, 0.25) is 0 Å². The Morgan fingerprint density at radius 2 is 2.32 bits per heavy atom. The molecule has 0 fully saturated rings. The van der Waals surface area contributed by atoms with Crippen molar-refractivity contribution in [3.05, 3.63) is 45.2 Å². The fourth-order valence-corrected chi connectivity index (χ4v) is 2.64. The third-order valence-electron chi connectivity index (χ3n) is 2.56. The number of carbonyl (C=O) groups is 1. The van der Waals surface area contributed by atoms with Crippen molar-refractivity contribution in [2.24, 2.45) is 0 Å². The van der Waals surface area contributed by atoms with Gasteiger partial charge in [0.15, 0.2) is 10.8 Å². The molecule has 0 spiro atoms. The molecule has 0 saturated heterocycles. The molecular formula is C12H12N2O4S. The largest absolute Gasteiger partial charge is 0.467 e. The Morgan fingerprint density at radius 1 is 1.58 bits per heavy atom. The second-order valence-electron chi connectivity index (χ2n) is 4.05. The van der Waals surface area contributed by atoms with Crippen LogP contribution in [0.1, 0.15) is 22.4 Å². The fourth-order valence-electron chi connectivity index (χ4n) is 1.66. The summed E-state index contributed by atoms with van der Waals surface area (Å²) in [5.41, 5.74) is -0.0516. The molecule has 0 aliphatic heterocycles. The molecule has 19 heavy (non-hydrogen) atoms. The van der Waals surface area contributed by atoms with E-state index in [1.54, 1.807) is 30.3 Å². The lowest BCUT2D eigenvalue weighted by Gasteiger charge is -2.14. The monoisotopic (exact) mass is 280 g/mol. The first-order valence-electron chi connectivity index (χ1n) is 5.51. The van der Waals surface area contributed by atoms with Crippen LogP contribution >= 0.6 is 11.3 Å². The number of carbonyl (C=O) groups excluding carboxylic acids is 1. The highest BCUT2D eigenvalue weighted by Gasteiger charge is 2.24. The number of ketones is 1. The second kappa shape index (κ2) is 5.23. The van der Waals surface area contributed by atoms with E-state index in [1.807, 2.05) is 0 Å². The summed E-state index contributed by atoms with van der Waals surface area (Å²) in [6.07, 6.45) is 1.55. The third kappa shape index (κ3) is 2.82. The standard InChI is InChI=1S/C12H12N2O4S/c1-8(15)11-6-10(14(16)17)12(19-11)13(2)7-9-4-3-5-18-9/h3-6H,7H2,1-2H3. The fraction of sp³-hybridized carbons (Fsp3) is 0.250. The van der Waals surface area contributed by atoms with Gasteiger partial charge in [-0.05, 0) is 19.1 Å². The topological polar surface area (TPSA) is 76.6 Å². The normalized spacial score (nSPS) is 10.4. The Hall–Kier alpha value is -2.15. The van der Waals surface area contributed by atoms with Gasteiger partial charge in [0.05, 0.1) is 22.6 Å². The average molecular weight is 280 g/mol. The molecular weight excluding hydrogens is 268 g/mol. The maximum absolute atomic E-state index is 11.3. The van der Waals surface area contributed by atoms with E-state index >= 15 is 0 Å². The minimum absolute atomic E-state index is 0.0516. The summed E-state index contributed by atoms with van der Waals surface area (Å²) in [4.78, 5) is 23.9. The summed E-state index contributed by atoms with van der Waals surface area (Å²) < 4.78 is 5.21. The van der Waals surface area contributed by atoms with E-state index in [0.29, 0.717) is 22.2 Å². The van der Waals surface area contributed by atoms with Crippen LogP contribution in [-0.4, -0.2) is 17.8 Å². The molecule has 100 valence electrons. The van der Waals surface area contributed by atoms with Crippen molar-refractivity contribution in [2.75, 3.05) is 11.9 Å². The number of furan rings is 1. The molecule has 0 unspecified atom stereocenters. The van der Waals surface area contributed by atoms with Gasteiger partial charge < -0.3 is 9.32 Å². The Balaban J connectivity index is 2.31. The first-order valence-corrected chi connectivity index (χ1v) is 6.33. The molecule has 2 aromatic rings. The number of hydrogen-bond acceptors (Lipinski definition) is 6. The smallest absolute Gasteiger partial charge is 0.304 e. The lowest BCUT2D eigenvalue weighted by molar-refractivity contribution is -0.383. The Kier molecular flexibility index (Phi) is 3.66. The Morgan fingerprint density at radius 3 is 2.84 bits per heavy atom. The van der Waals surface area contributed by atoms with Crippen molar-refractivity contribution in [3.63, 3.8) is 0 Å². The highest BCUT2D eigenvalue weighted by molar-refractivity contribution is 7.18. The molecule has 0 atom stereocenters. The number of Topliss-reactive ketones (excluding diaryl/α,β-unsaturated/α-hetero) is 1. The number of rotatable bonds is 5. The summed E-state index contributed by atoms with van der Waals surface area (Å²) in [6, 6.07) is 4.87. The van der Waals surface area contributed by atoms with Crippen molar-refractivity contribution >= 4 is 27.8 Å². The number of hydrogen-bond donors (Lipinski definition) is 0. The van der Waals surface area contributed by atoms with Gasteiger partial charge in [0.1, 0.15) is 5.76 Å². The van der Waals surface area contributed by atoms with Crippen molar-refractivity contribution < 1.29 is 14.1 Å². The quantitative estimate of drug-likeness (QED) is 0.478. The molecule has 2 heterocycles. The van der Waals surface area contributed by atoms with Gasteiger partial charge in [-0.25, -0.2) is 0 Å². The lowest BCUT2D eigenvalue weighted by Crippen LogP contribution is -2.15. The molecule has 0 aliphatic rings. The first-order chi connectivity index (χ1) is 8.99. The number of nitro groups is 1. The van der Waals surface area contributed by atoms with E-state index < -0.39 is 4.92 Å². The van der Waals surface area contributed by atoms with Crippen LogP contribution < -0.4 is 4.90 Å². The van der Waals surface area contributed by atoms with E-state index in [4.69, 9.17) is 4.42 Å². The van der Waals surface area contributed by atoms with Crippen molar-refractivity contribution in [3.8, 4) is 0 Å². The van der Waals surface area contributed by atoms with Crippen LogP contribution in [0.25, 0.3) is 0 Å². The van der Waals surface area contributed by atoms with Gasteiger partial charge >= 0.3 is 5.69 Å². The Bertz CT molecular complexity index is 603. The summed E-state index contributed by atoms with van der Waals surface area (Å²) in [5, 5.41) is 11.5. The van der Waals surface area contributed by atoms with E-state index in [-0.39, 0.29) is 11.5 Å². The molecule has 0 radical (unpaired) electrons. The van der Waals surface area contributed by atoms with Gasteiger partial charge in [-0.1, -0.05) is 0 Å². The van der Waals surface area contributed by atoms with Crippen LogP contribution in [0.15, 0.2) is 28.9 Å². The number of nitrogens with zero attached hydrogens (tertiary/aromatic N) is 2. The van der Waals surface area contributed by atoms with Gasteiger partial charge in [-0.3, -0.25) is 14.9 Å². The molecule has 2 rings (SSSR count). The highest BCUT2D eigenvalue weighted by atomic mass is 32.1. The number of anilines is 1. The van der Waals surface area contributed by atoms with Gasteiger partial charge in [-0.15, -0.1) is 11.3 Å². The zero-order valence-corrected chi connectivity index (χ0v) is 11.3. The summed E-state index contributed by atoms with van der Waals surface area (Å²) in [6.45, 7) is 1.80. The van der Waals surface area contributed by atoms with Crippen molar-refractivity contribution in [2.45, 2.75) is 13.5 Å². The van der Waals surface area contributed by atoms with Crippen LogP contribution in [0.5, 0.6) is 0 Å². The van der Waals surface area contributed by atoms with Crippen molar-refractivity contribution in [1.82, 2.24) is 0 Å². The van der Waals surface area contributed by atoms with Crippen LogP contribution in [0.3, 0.4) is 0 Å². The van der Waals surface area contributed by atoms with Crippen LogP contribution in [0, 0.1) is 10.1 Å². The summed E-state index contributed by atoms with van der Waals surface area (Å²) in [5.74, 6) is 0.528. The van der Waals surface area contributed by atoms with Crippen LogP contribution in [0.4, 0.5) is 10.7 Å². The third-order valence-corrected chi connectivity index (χ3v) is 3.90. The molecule has 0 N–H and O–H groups in total. The highest BCUT2D eigenvalue weighted by Crippen LogP contribution is 2.37. The van der Waals surface area contributed by atoms with Gasteiger partial charge in [0, 0.05) is 13.1 Å². The molecule has 0 bridgehead atoms. The predicted molar refractivity (Wildman–Crippen MR) is 71.8 cm³/mol. The molecule has 0 saturated carbocycles. The van der Waals surface area contributed by atoms with Gasteiger partial charge in [-0.2, -0.15) is 0 Å². The van der Waals surface area contributed by atoms with E-state index in [2.05, 4.69) is 0 Å². The van der Waals surface area contributed by atoms with Crippen LogP contribution in [-0.2, 0) is 6.54 Å². The minimum atomic E-state index is -0.475. The maximum Gasteiger partial charge on any atom is 0.304 e. The lowest BCUT2D eigenvalue weighted by atomic mass is 10.3. The average Bonchev–Trinajstić information content (AvgIpc) is 2.96. The first kappa shape index (κ1) is 13.3. The zero-order chi connectivity index (χ0) is 14.0. The zero-order valence-electron chi connectivity index (χ0n) is 10.5. The maximum atomic E-state index is 11.3. The molecule has 0 aliphatic carbocycles. The van der Waals surface area contributed by atoms with Crippen molar-refractivity contribution in [1.29, 1.82) is 0 Å². The predicted octanol–water partition coefficient (Wildman–Crippen LogP) is 3.09. The molecule has 2 aromatic heterocycles. The SMILES string of the molecule is CC(=O)c1cc([N+](=O)[O-])c(N(C)Cc2ccco2)s1. The van der Waals surface area contributed by atoms with Gasteiger partial charge in [0.25, 0.3) is 0 Å². The molecule has 6 nitrogen and oxygen atoms in total. The number of thiophene rings is 1. The minimum Gasteiger partial charge on any atom is -0.467 e. The molecule has 0 aromatic carbocycles. The van der Waals surface area contributed by atoms with E-state index in [9.17, 15) is 14.9 Å².